The molecule has 3 aromatic heterocycles. The minimum atomic E-state index is -0.752. The van der Waals surface area contributed by atoms with Gasteiger partial charge in [-0.1, -0.05) is 66.7 Å². The molecule has 0 aliphatic carbocycles. The molecule has 2 aromatic carbocycles. The Bertz CT molecular complexity index is 1590. The molecule has 1 aliphatic heterocycles. The molecule has 1 saturated heterocycles. The van der Waals surface area contributed by atoms with Crippen molar-refractivity contribution < 1.29 is 4.79 Å². The van der Waals surface area contributed by atoms with Crippen molar-refractivity contribution in [2.75, 3.05) is 39.0 Å². The molecule has 9 nitrogen and oxygen atoms in total. The maximum Gasteiger partial charge on any atom is 0.237 e. The number of anilines is 1. The third-order valence-electron chi connectivity index (χ3n) is 8.48. The van der Waals surface area contributed by atoms with Crippen LogP contribution in [-0.4, -0.2) is 80.0 Å². The number of piperidine rings is 1. The van der Waals surface area contributed by atoms with E-state index < -0.39 is 5.41 Å². The molecule has 1 fully saturated rings. The van der Waals surface area contributed by atoms with Gasteiger partial charge in [0, 0.05) is 39.4 Å². The predicted octanol–water partition coefficient (Wildman–Crippen LogP) is 4.61. The highest BCUT2D eigenvalue weighted by Gasteiger charge is 2.43. The molecule has 0 spiro atoms. The molecule has 43 heavy (non-hydrogen) atoms. The SMILES string of the molecule is CN(C)C(=O)C(CCN1CCC(Nc2nc3cncnc3n2Cc2ccccn2)CC1)(c1ccccc1)c1ccccc1. The molecule has 0 unspecified atom stereocenters. The van der Waals surface area contributed by atoms with E-state index in [-0.39, 0.29) is 11.9 Å². The van der Waals surface area contributed by atoms with Crippen LogP contribution in [0.1, 0.15) is 36.1 Å². The zero-order valence-corrected chi connectivity index (χ0v) is 24.8. The standard InChI is InChI=1S/C34H38N8O/c1-40(2)32(43)34(26-11-5-3-6-12-26,27-13-7-4-8-14-27)18-22-41-20-16-28(17-21-41)38-33-39-30-23-35-25-37-31(30)42(33)24-29-15-9-10-19-36-29/h3-15,19,23,25,28H,16-18,20-22,24H2,1-2H3,(H,38,39). The van der Waals surface area contributed by atoms with Crippen molar-refractivity contribution in [3.63, 3.8) is 0 Å². The Morgan fingerprint density at radius 2 is 1.60 bits per heavy atom. The second-order valence-electron chi connectivity index (χ2n) is 11.4. The Kier molecular flexibility index (Phi) is 8.42. The van der Waals surface area contributed by atoms with E-state index in [4.69, 9.17) is 4.98 Å². The minimum Gasteiger partial charge on any atom is -0.353 e. The van der Waals surface area contributed by atoms with Crippen molar-refractivity contribution in [2.45, 2.75) is 37.3 Å². The van der Waals surface area contributed by atoms with Crippen LogP contribution in [0.25, 0.3) is 11.2 Å². The minimum absolute atomic E-state index is 0.108. The first-order chi connectivity index (χ1) is 21.0. The first-order valence-electron chi connectivity index (χ1n) is 14.9. The summed E-state index contributed by atoms with van der Waals surface area (Å²) in [5.41, 5.74) is 3.83. The Labute approximate surface area is 252 Å². The second-order valence-corrected chi connectivity index (χ2v) is 11.4. The highest BCUT2D eigenvalue weighted by Crippen LogP contribution is 2.38. The van der Waals surface area contributed by atoms with Crippen LogP contribution in [0.3, 0.4) is 0 Å². The molecule has 1 N–H and O–H groups in total. The Hall–Kier alpha value is -4.63. The molecule has 1 amide bonds. The Morgan fingerprint density at radius 3 is 2.23 bits per heavy atom. The average Bonchev–Trinajstić information content (AvgIpc) is 3.39. The molecule has 1 aliphatic rings. The Balaban J connectivity index is 1.17. The number of hydrogen-bond donors (Lipinski definition) is 1. The third-order valence-corrected chi connectivity index (χ3v) is 8.48. The summed E-state index contributed by atoms with van der Waals surface area (Å²) in [6.45, 7) is 3.28. The number of nitrogens with zero attached hydrogens (tertiary/aromatic N) is 7. The molecule has 4 heterocycles. The van der Waals surface area contributed by atoms with Crippen molar-refractivity contribution >= 4 is 23.0 Å². The monoisotopic (exact) mass is 574 g/mol. The molecule has 5 aromatic rings. The lowest BCUT2D eigenvalue weighted by Crippen LogP contribution is -2.48. The average molecular weight is 575 g/mol. The summed E-state index contributed by atoms with van der Waals surface area (Å²) in [7, 11) is 3.71. The van der Waals surface area contributed by atoms with Crippen LogP contribution in [0, 0.1) is 0 Å². The number of nitrogens with one attached hydrogen (secondary N) is 1. The highest BCUT2D eigenvalue weighted by molar-refractivity contribution is 5.92. The molecule has 9 heteroatoms. The van der Waals surface area contributed by atoms with Crippen molar-refractivity contribution in [3.8, 4) is 0 Å². The fourth-order valence-corrected chi connectivity index (χ4v) is 6.24. The van der Waals surface area contributed by atoms with Gasteiger partial charge in [0.05, 0.1) is 18.4 Å². The van der Waals surface area contributed by atoms with Gasteiger partial charge in [-0.15, -0.1) is 0 Å². The fraction of sp³-hybridized carbons (Fsp3) is 0.324. The lowest BCUT2D eigenvalue weighted by atomic mass is 9.70. The smallest absolute Gasteiger partial charge is 0.237 e. The van der Waals surface area contributed by atoms with Crippen LogP contribution in [0.4, 0.5) is 5.95 Å². The number of benzene rings is 2. The predicted molar refractivity (Wildman–Crippen MR) is 169 cm³/mol. The van der Waals surface area contributed by atoms with Crippen LogP contribution in [-0.2, 0) is 16.8 Å². The first kappa shape index (κ1) is 28.5. The summed E-state index contributed by atoms with van der Waals surface area (Å²) < 4.78 is 2.09. The number of carbonyl (C=O) groups excluding carboxylic acids is 1. The lowest BCUT2D eigenvalue weighted by molar-refractivity contribution is -0.133. The normalized spacial score (nSPS) is 14.6. The summed E-state index contributed by atoms with van der Waals surface area (Å²) in [6.07, 6.45) is 7.78. The zero-order valence-electron chi connectivity index (χ0n) is 24.8. The quantitative estimate of drug-likeness (QED) is 0.260. The van der Waals surface area contributed by atoms with Gasteiger partial charge in [0.15, 0.2) is 5.65 Å². The summed E-state index contributed by atoms with van der Waals surface area (Å²) in [5, 5.41) is 3.71. The number of amides is 1. The third kappa shape index (κ3) is 5.99. The number of aromatic nitrogens is 5. The van der Waals surface area contributed by atoms with E-state index in [2.05, 4.69) is 54.0 Å². The summed E-state index contributed by atoms with van der Waals surface area (Å²) >= 11 is 0. The largest absolute Gasteiger partial charge is 0.353 e. The van der Waals surface area contributed by atoms with Crippen LogP contribution >= 0.6 is 0 Å². The number of hydrogen-bond acceptors (Lipinski definition) is 7. The summed E-state index contributed by atoms with van der Waals surface area (Å²) in [6, 6.07) is 26.7. The fourth-order valence-electron chi connectivity index (χ4n) is 6.24. The molecule has 220 valence electrons. The van der Waals surface area contributed by atoms with Gasteiger partial charge in [0.2, 0.25) is 11.9 Å². The molecule has 0 radical (unpaired) electrons. The van der Waals surface area contributed by atoms with Crippen LogP contribution in [0.2, 0.25) is 0 Å². The van der Waals surface area contributed by atoms with Crippen molar-refractivity contribution in [1.29, 1.82) is 0 Å². The van der Waals surface area contributed by atoms with Gasteiger partial charge in [-0.25, -0.2) is 15.0 Å². The first-order valence-corrected chi connectivity index (χ1v) is 14.9. The Morgan fingerprint density at radius 1 is 0.930 bits per heavy atom. The molecular weight excluding hydrogens is 536 g/mol. The van der Waals surface area contributed by atoms with Gasteiger partial charge in [0.25, 0.3) is 0 Å². The van der Waals surface area contributed by atoms with Gasteiger partial charge >= 0.3 is 0 Å². The second kappa shape index (κ2) is 12.7. The number of rotatable bonds is 10. The summed E-state index contributed by atoms with van der Waals surface area (Å²) in [4.78, 5) is 36.3. The van der Waals surface area contributed by atoms with Gasteiger partial charge in [-0.05, 0) is 49.1 Å². The molecule has 0 saturated carbocycles. The number of likely N-dealkylation sites (N-methyl/N-ethyl adjacent to an activating group) is 1. The van der Waals surface area contributed by atoms with Crippen LogP contribution < -0.4 is 5.32 Å². The lowest BCUT2D eigenvalue weighted by Gasteiger charge is -2.39. The van der Waals surface area contributed by atoms with Crippen LogP contribution in [0.15, 0.2) is 97.6 Å². The van der Waals surface area contributed by atoms with E-state index in [1.165, 1.54) is 0 Å². The topological polar surface area (TPSA) is 92.1 Å². The van der Waals surface area contributed by atoms with Crippen molar-refractivity contribution in [3.05, 3.63) is 114 Å². The van der Waals surface area contributed by atoms with Crippen molar-refractivity contribution in [2.24, 2.45) is 0 Å². The van der Waals surface area contributed by atoms with Gasteiger partial charge in [-0.3, -0.25) is 14.3 Å². The van der Waals surface area contributed by atoms with Gasteiger partial charge in [0.1, 0.15) is 17.3 Å². The van der Waals surface area contributed by atoms with E-state index in [9.17, 15) is 4.79 Å². The number of pyridine rings is 1. The summed E-state index contributed by atoms with van der Waals surface area (Å²) in [5.74, 6) is 0.903. The van der Waals surface area contributed by atoms with E-state index in [0.717, 1.165) is 66.4 Å². The maximum absolute atomic E-state index is 14.0. The number of carbonyl (C=O) groups is 1. The highest BCUT2D eigenvalue weighted by atomic mass is 16.2. The van der Waals surface area contributed by atoms with Crippen molar-refractivity contribution in [1.82, 2.24) is 34.3 Å². The van der Waals surface area contributed by atoms with Crippen LogP contribution in [0.5, 0.6) is 0 Å². The number of imidazole rings is 1. The molecule has 0 atom stereocenters. The zero-order chi connectivity index (χ0) is 29.6. The molecule has 6 rings (SSSR count). The van der Waals surface area contributed by atoms with E-state index in [0.29, 0.717) is 13.0 Å². The van der Waals surface area contributed by atoms with Gasteiger partial charge < -0.3 is 15.1 Å². The van der Waals surface area contributed by atoms with E-state index in [1.807, 2.05) is 74.9 Å². The maximum atomic E-state index is 14.0. The number of likely N-dealkylation sites (tertiary alicyclic amines) is 1. The van der Waals surface area contributed by atoms with E-state index >= 15 is 0 Å². The van der Waals surface area contributed by atoms with E-state index in [1.54, 1.807) is 17.4 Å². The number of fused-ring (bicyclic) bond motifs is 1. The molecule has 0 bridgehead atoms. The van der Waals surface area contributed by atoms with Gasteiger partial charge in [-0.2, -0.15) is 0 Å². The molecular formula is C34H38N8O.